The highest BCUT2D eigenvalue weighted by Crippen LogP contribution is 2.19. The fourth-order valence-electron chi connectivity index (χ4n) is 2.65. The fourth-order valence-corrected chi connectivity index (χ4v) is 3.02. The number of methoxy groups -OCH3 is 1. The lowest BCUT2D eigenvalue weighted by Gasteiger charge is -2.13. The molecule has 0 bridgehead atoms. The average molecular weight is 387 g/mol. The van der Waals surface area contributed by atoms with Crippen molar-refractivity contribution in [2.45, 2.75) is 13.5 Å². The number of ether oxygens (including phenoxy) is 1. The maximum Gasteiger partial charge on any atom is 0.354 e. The molecule has 0 aliphatic heterocycles. The Kier molecular flexibility index (Phi) is 4.49. The van der Waals surface area contributed by atoms with Crippen molar-refractivity contribution >= 4 is 32.7 Å². The van der Waals surface area contributed by atoms with E-state index in [1.165, 1.54) is 11.7 Å². The van der Waals surface area contributed by atoms with Crippen molar-refractivity contribution < 1.29 is 9.53 Å². The summed E-state index contributed by atoms with van der Waals surface area (Å²) in [5.74, 6) is -0.547. The molecular weight excluding hydrogens is 372 g/mol. The van der Waals surface area contributed by atoms with Gasteiger partial charge in [0.2, 0.25) is 0 Å². The van der Waals surface area contributed by atoms with E-state index in [9.17, 15) is 9.59 Å². The van der Waals surface area contributed by atoms with Crippen molar-refractivity contribution in [3.05, 3.63) is 74.4 Å². The Hall–Kier alpha value is -2.47. The second-order valence-electron chi connectivity index (χ2n) is 5.51. The third kappa shape index (κ3) is 3.10. The molecule has 2 heterocycles. The van der Waals surface area contributed by atoms with Gasteiger partial charge in [0.1, 0.15) is 5.69 Å². The maximum absolute atomic E-state index is 12.9. The lowest BCUT2D eigenvalue weighted by molar-refractivity contribution is 0.0587. The van der Waals surface area contributed by atoms with Crippen LogP contribution < -0.4 is 5.56 Å². The highest BCUT2D eigenvalue weighted by molar-refractivity contribution is 9.10. The lowest BCUT2D eigenvalue weighted by atomic mass is 10.1. The molecule has 5 nitrogen and oxygen atoms in total. The molecule has 0 aliphatic carbocycles. The van der Waals surface area contributed by atoms with E-state index in [1.54, 1.807) is 30.6 Å². The number of benzene rings is 1. The third-order valence-electron chi connectivity index (χ3n) is 3.74. The first-order chi connectivity index (χ1) is 11.5. The molecule has 0 saturated carbocycles. The molecule has 0 N–H and O–H groups in total. The molecule has 0 aliphatic rings. The number of fused-ring (bicyclic) bond motifs is 1. The third-order valence-corrected chi connectivity index (χ3v) is 4.23. The van der Waals surface area contributed by atoms with Crippen LogP contribution in [0.15, 0.2) is 52.0 Å². The summed E-state index contributed by atoms with van der Waals surface area (Å²) in [6, 6.07) is 8.97. The van der Waals surface area contributed by atoms with E-state index in [4.69, 9.17) is 4.74 Å². The molecule has 0 spiro atoms. The van der Waals surface area contributed by atoms with Crippen LogP contribution in [0.25, 0.3) is 10.8 Å². The molecule has 0 radical (unpaired) electrons. The van der Waals surface area contributed by atoms with Gasteiger partial charge in [-0.15, -0.1) is 0 Å². The van der Waals surface area contributed by atoms with Crippen LogP contribution >= 0.6 is 15.9 Å². The Balaban J connectivity index is 2.24. The molecular formula is C18H15BrN2O3. The van der Waals surface area contributed by atoms with Crippen molar-refractivity contribution in [2.75, 3.05) is 7.11 Å². The van der Waals surface area contributed by atoms with Gasteiger partial charge in [-0.05, 0) is 47.7 Å². The molecule has 3 aromatic rings. The minimum absolute atomic E-state index is 0.217. The molecule has 0 amide bonds. The van der Waals surface area contributed by atoms with E-state index >= 15 is 0 Å². The zero-order valence-corrected chi connectivity index (χ0v) is 14.8. The predicted molar refractivity (Wildman–Crippen MR) is 95.3 cm³/mol. The summed E-state index contributed by atoms with van der Waals surface area (Å²) in [5, 5.41) is 1.24. The Morgan fingerprint density at radius 2 is 2.04 bits per heavy atom. The van der Waals surface area contributed by atoms with Crippen LogP contribution in [0.1, 0.15) is 21.6 Å². The Morgan fingerprint density at radius 3 is 2.75 bits per heavy atom. The van der Waals surface area contributed by atoms with Gasteiger partial charge in [0.25, 0.3) is 5.56 Å². The van der Waals surface area contributed by atoms with Crippen LogP contribution in [0, 0.1) is 6.92 Å². The van der Waals surface area contributed by atoms with E-state index in [0.29, 0.717) is 10.8 Å². The average Bonchev–Trinajstić information content (AvgIpc) is 2.56. The number of carbonyl (C=O) groups is 1. The first-order valence-corrected chi connectivity index (χ1v) is 8.11. The Bertz CT molecular complexity index is 995. The number of halogens is 1. The van der Waals surface area contributed by atoms with Gasteiger partial charge in [0.05, 0.1) is 13.7 Å². The first-order valence-electron chi connectivity index (χ1n) is 7.31. The van der Waals surface area contributed by atoms with E-state index in [-0.39, 0.29) is 17.8 Å². The second kappa shape index (κ2) is 6.57. The summed E-state index contributed by atoms with van der Waals surface area (Å²) in [5.41, 5.74) is 1.82. The minimum atomic E-state index is -0.547. The van der Waals surface area contributed by atoms with Crippen molar-refractivity contribution in [2.24, 2.45) is 0 Å². The highest BCUT2D eigenvalue weighted by atomic mass is 79.9. The smallest absolute Gasteiger partial charge is 0.354 e. The molecule has 0 unspecified atom stereocenters. The number of nitrogens with zero attached hydrogens (tertiary/aromatic N) is 2. The molecule has 0 atom stereocenters. The number of hydrogen-bond acceptors (Lipinski definition) is 4. The van der Waals surface area contributed by atoms with Crippen molar-refractivity contribution in [1.82, 2.24) is 9.55 Å². The Labute approximate surface area is 147 Å². The van der Waals surface area contributed by atoms with Crippen LogP contribution in [-0.2, 0) is 11.3 Å². The van der Waals surface area contributed by atoms with E-state index in [1.807, 2.05) is 19.1 Å². The van der Waals surface area contributed by atoms with Gasteiger partial charge in [-0.1, -0.05) is 22.0 Å². The Morgan fingerprint density at radius 1 is 1.25 bits per heavy atom. The van der Waals surface area contributed by atoms with Crippen LogP contribution in [0.4, 0.5) is 0 Å². The van der Waals surface area contributed by atoms with E-state index in [2.05, 4.69) is 20.9 Å². The largest absolute Gasteiger partial charge is 0.464 e. The van der Waals surface area contributed by atoms with Gasteiger partial charge in [0, 0.05) is 22.3 Å². The number of esters is 1. The summed E-state index contributed by atoms with van der Waals surface area (Å²) in [4.78, 5) is 29.2. The van der Waals surface area contributed by atoms with Gasteiger partial charge in [-0.2, -0.15) is 0 Å². The quantitative estimate of drug-likeness (QED) is 0.647. The summed E-state index contributed by atoms with van der Waals surface area (Å²) >= 11 is 3.38. The molecule has 3 rings (SSSR count). The number of pyridine rings is 2. The summed E-state index contributed by atoms with van der Waals surface area (Å²) in [6.45, 7) is 2.18. The molecule has 24 heavy (non-hydrogen) atoms. The monoisotopic (exact) mass is 386 g/mol. The normalized spacial score (nSPS) is 10.8. The zero-order chi connectivity index (χ0) is 17.3. The SMILES string of the molecule is COC(=O)c1cc2cc(Br)ccc2c(=O)n1Cc1cncc(C)c1. The fraction of sp³-hybridized carbons (Fsp3) is 0.167. The van der Waals surface area contributed by atoms with Crippen LogP contribution in [0.2, 0.25) is 0 Å². The van der Waals surface area contributed by atoms with E-state index in [0.717, 1.165) is 15.6 Å². The molecule has 0 saturated heterocycles. The van der Waals surface area contributed by atoms with Crippen molar-refractivity contribution in [1.29, 1.82) is 0 Å². The van der Waals surface area contributed by atoms with Gasteiger partial charge < -0.3 is 4.74 Å². The first kappa shape index (κ1) is 16.4. The zero-order valence-electron chi connectivity index (χ0n) is 13.2. The summed E-state index contributed by atoms with van der Waals surface area (Å²) in [6.07, 6.45) is 3.43. The number of carbonyl (C=O) groups excluding carboxylic acids is 1. The van der Waals surface area contributed by atoms with Crippen molar-refractivity contribution in [3.8, 4) is 0 Å². The summed E-state index contributed by atoms with van der Waals surface area (Å²) < 4.78 is 7.11. The lowest BCUT2D eigenvalue weighted by Crippen LogP contribution is -2.27. The maximum atomic E-state index is 12.9. The predicted octanol–water partition coefficient (Wildman–Crippen LogP) is 3.30. The number of rotatable bonds is 3. The standard InChI is InChI=1S/C18H15BrN2O3/c1-11-5-12(9-20-8-11)10-21-16(18(23)24-2)7-13-6-14(19)3-4-15(13)17(21)22/h3-9H,10H2,1-2H3. The molecule has 1 aromatic carbocycles. The minimum Gasteiger partial charge on any atom is -0.464 e. The van der Waals surface area contributed by atoms with E-state index < -0.39 is 5.97 Å². The topological polar surface area (TPSA) is 61.2 Å². The van der Waals surface area contributed by atoms with Gasteiger partial charge >= 0.3 is 5.97 Å². The van der Waals surface area contributed by atoms with Crippen molar-refractivity contribution in [3.63, 3.8) is 0 Å². The van der Waals surface area contributed by atoms with Gasteiger partial charge in [-0.25, -0.2) is 4.79 Å². The number of aryl methyl sites for hydroxylation is 1. The second-order valence-corrected chi connectivity index (χ2v) is 6.43. The summed E-state index contributed by atoms with van der Waals surface area (Å²) in [7, 11) is 1.30. The van der Waals surface area contributed by atoms with Crippen LogP contribution in [-0.4, -0.2) is 22.6 Å². The van der Waals surface area contributed by atoms with Gasteiger partial charge in [-0.3, -0.25) is 14.3 Å². The van der Waals surface area contributed by atoms with Crippen LogP contribution in [0.3, 0.4) is 0 Å². The van der Waals surface area contributed by atoms with Crippen LogP contribution in [0.5, 0.6) is 0 Å². The molecule has 122 valence electrons. The molecule has 0 fully saturated rings. The molecule has 6 heteroatoms. The number of hydrogen-bond donors (Lipinski definition) is 0. The van der Waals surface area contributed by atoms with Gasteiger partial charge in [0.15, 0.2) is 0 Å². The highest BCUT2D eigenvalue weighted by Gasteiger charge is 2.16. The molecule has 2 aromatic heterocycles. The number of aromatic nitrogens is 2.